The van der Waals surface area contributed by atoms with Gasteiger partial charge in [-0.2, -0.15) is 5.26 Å². The van der Waals surface area contributed by atoms with Crippen LogP contribution in [-0.4, -0.2) is 27.0 Å². The Balaban J connectivity index is 1.83. The minimum atomic E-state index is -0.805. The number of hydrogen-bond donors (Lipinski definition) is 3. The molecule has 0 amide bonds. The summed E-state index contributed by atoms with van der Waals surface area (Å²) < 4.78 is 0. The van der Waals surface area contributed by atoms with Gasteiger partial charge in [0.15, 0.2) is 6.19 Å². The number of nitriles is 1. The molecule has 8 heteroatoms. The molecule has 33 heavy (non-hydrogen) atoms. The number of nitrogens with one attached hydrogen (secondary N) is 2. The molecular formula is C25H24N6O2. The number of unbranched alkanes of at least 4 members (excludes halogenated alkanes) is 1. The number of nitrogens with zero attached hydrogens (tertiary/aromatic N) is 4. The molecule has 166 valence electrons. The highest BCUT2D eigenvalue weighted by molar-refractivity contribution is 5.95. The zero-order valence-electron chi connectivity index (χ0n) is 18.0. The van der Waals surface area contributed by atoms with Crippen LogP contribution >= 0.6 is 0 Å². The molecule has 0 aliphatic carbocycles. The molecule has 0 aliphatic rings. The molecule has 0 fully saturated rings. The van der Waals surface area contributed by atoms with Crippen LogP contribution in [0.4, 0.5) is 5.69 Å². The van der Waals surface area contributed by atoms with Crippen molar-refractivity contribution in [2.75, 3.05) is 5.32 Å². The first-order valence-corrected chi connectivity index (χ1v) is 10.4. The van der Waals surface area contributed by atoms with Crippen LogP contribution in [0.1, 0.15) is 36.0 Å². The van der Waals surface area contributed by atoms with Gasteiger partial charge >= 0.3 is 5.97 Å². The van der Waals surface area contributed by atoms with Gasteiger partial charge in [0.2, 0.25) is 5.96 Å². The highest BCUT2D eigenvalue weighted by Crippen LogP contribution is 2.26. The summed E-state index contributed by atoms with van der Waals surface area (Å²) in [5.74, 6) is -0.479. The van der Waals surface area contributed by atoms with Gasteiger partial charge in [0.25, 0.3) is 0 Å². The van der Waals surface area contributed by atoms with Crippen molar-refractivity contribution in [1.29, 1.82) is 5.26 Å². The van der Waals surface area contributed by atoms with Crippen molar-refractivity contribution in [2.45, 2.75) is 25.8 Å². The van der Waals surface area contributed by atoms with Gasteiger partial charge in [0.05, 0.1) is 6.54 Å². The number of guanidine groups is 1. The number of anilines is 1. The SMILES string of the molecule is N#CNC(=NCc1cccnc1)Nc1cccc(/C(=C\CCCC(=O)O)c2cccnc2)c1. The maximum Gasteiger partial charge on any atom is 0.303 e. The van der Waals surface area contributed by atoms with Crippen LogP contribution in [-0.2, 0) is 11.3 Å². The third kappa shape index (κ3) is 7.60. The molecule has 0 unspecified atom stereocenters. The molecule has 1 aromatic carbocycles. The molecule has 2 aromatic heterocycles. The molecule has 0 aliphatic heterocycles. The van der Waals surface area contributed by atoms with E-state index >= 15 is 0 Å². The lowest BCUT2D eigenvalue weighted by Crippen LogP contribution is -2.26. The second-order valence-corrected chi connectivity index (χ2v) is 7.11. The van der Waals surface area contributed by atoms with E-state index in [9.17, 15) is 4.79 Å². The number of aromatic nitrogens is 2. The van der Waals surface area contributed by atoms with Gasteiger partial charge < -0.3 is 10.4 Å². The Morgan fingerprint density at radius 2 is 1.88 bits per heavy atom. The second kappa shape index (κ2) is 12.4. The van der Waals surface area contributed by atoms with E-state index in [-0.39, 0.29) is 6.42 Å². The predicted molar refractivity (Wildman–Crippen MR) is 127 cm³/mol. The lowest BCUT2D eigenvalue weighted by atomic mass is 9.97. The molecule has 0 radical (unpaired) electrons. The van der Waals surface area contributed by atoms with Gasteiger partial charge in [-0.1, -0.05) is 30.3 Å². The van der Waals surface area contributed by atoms with Crippen molar-refractivity contribution in [2.24, 2.45) is 4.99 Å². The molecule has 3 aromatic rings. The van der Waals surface area contributed by atoms with Crippen molar-refractivity contribution < 1.29 is 9.90 Å². The van der Waals surface area contributed by atoms with Crippen LogP contribution in [0.2, 0.25) is 0 Å². The summed E-state index contributed by atoms with van der Waals surface area (Å²) in [6.45, 7) is 0.370. The molecule has 3 rings (SSSR count). The first kappa shape index (κ1) is 23.2. The third-order valence-electron chi connectivity index (χ3n) is 4.67. The Morgan fingerprint density at radius 1 is 1.09 bits per heavy atom. The maximum absolute atomic E-state index is 10.8. The number of pyridine rings is 2. The number of carbonyl (C=O) groups is 1. The summed E-state index contributed by atoms with van der Waals surface area (Å²) in [7, 11) is 0. The molecule has 0 atom stereocenters. The lowest BCUT2D eigenvalue weighted by Gasteiger charge is -2.12. The maximum atomic E-state index is 10.8. The number of aliphatic imine (C=N–C) groups is 1. The Hall–Kier alpha value is -4.51. The van der Waals surface area contributed by atoms with Crippen LogP contribution in [0.3, 0.4) is 0 Å². The van der Waals surface area contributed by atoms with Crippen molar-refractivity contribution in [3.8, 4) is 6.19 Å². The van der Waals surface area contributed by atoms with E-state index < -0.39 is 5.97 Å². The van der Waals surface area contributed by atoms with Crippen LogP contribution in [0.15, 0.2) is 84.4 Å². The van der Waals surface area contributed by atoms with Crippen molar-refractivity contribution in [1.82, 2.24) is 15.3 Å². The fraction of sp³-hybridized carbons (Fsp3) is 0.160. The number of allylic oxidation sites excluding steroid dienone is 1. The van der Waals surface area contributed by atoms with Gasteiger partial charge in [-0.25, -0.2) is 4.99 Å². The topological polar surface area (TPSA) is 123 Å². The Kier molecular flexibility index (Phi) is 8.68. The highest BCUT2D eigenvalue weighted by atomic mass is 16.4. The zero-order chi connectivity index (χ0) is 23.3. The minimum Gasteiger partial charge on any atom is -0.481 e. The first-order chi connectivity index (χ1) is 16.2. The molecule has 0 spiro atoms. The summed E-state index contributed by atoms with van der Waals surface area (Å²) in [6.07, 6.45) is 12.1. The molecule has 0 saturated carbocycles. The van der Waals surface area contributed by atoms with Crippen LogP contribution in [0.25, 0.3) is 5.57 Å². The Morgan fingerprint density at radius 3 is 2.58 bits per heavy atom. The molecule has 0 saturated heterocycles. The standard InChI is InChI=1S/C25H24N6O2/c26-18-30-25(29-16-19-6-4-12-27-15-19)31-22-9-3-7-20(14-22)23(10-1-2-11-24(32)33)21-8-5-13-28-17-21/h3-10,12-15,17H,1-2,11,16H2,(H,32,33)(H2,29,30,31)/b23-10+. The Labute approximate surface area is 192 Å². The van der Waals surface area contributed by atoms with Crippen LogP contribution < -0.4 is 10.6 Å². The van der Waals surface area contributed by atoms with Gasteiger partial charge in [-0.15, -0.1) is 0 Å². The van der Waals surface area contributed by atoms with Gasteiger partial charge in [0, 0.05) is 42.5 Å². The van der Waals surface area contributed by atoms with E-state index in [0.717, 1.165) is 28.0 Å². The summed E-state index contributed by atoms with van der Waals surface area (Å²) in [5.41, 5.74) is 4.51. The Bertz CT molecular complexity index is 1150. The minimum absolute atomic E-state index is 0.120. The average molecular weight is 441 g/mol. The van der Waals surface area contributed by atoms with E-state index in [1.165, 1.54) is 0 Å². The number of hydrogen-bond acceptors (Lipinski definition) is 5. The van der Waals surface area contributed by atoms with E-state index in [2.05, 4.69) is 25.6 Å². The van der Waals surface area contributed by atoms with Crippen molar-refractivity contribution >= 4 is 23.2 Å². The fourth-order valence-corrected chi connectivity index (χ4v) is 3.15. The quantitative estimate of drug-likeness (QED) is 0.150. The molecule has 0 bridgehead atoms. The smallest absolute Gasteiger partial charge is 0.303 e. The molecule has 8 nitrogen and oxygen atoms in total. The summed E-state index contributed by atoms with van der Waals surface area (Å²) >= 11 is 0. The monoisotopic (exact) mass is 440 g/mol. The van der Waals surface area contributed by atoms with E-state index in [4.69, 9.17) is 10.4 Å². The number of carboxylic acids is 1. The fourth-order valence-electron chi connectivity index (χ4n) is 3.15. The largest absolute Gasteiger partial charge is 0.481 e. The lowest BCUT2D eigenvalue weighted by molar-refractivity contribution is -0.137. The van der Waals surface area contributed by atoms with Crippen LogP contribution in [0.5, 0.6) is 0 Å². The van der Waals surface area contributed by atoms with Crippen molar-refractivity contribution in [3.63, 3.8) is 0 Å². The third-order valence-corrected chi connectivity index (χ3v) is 4.67. The predicted octanol–water partition coefficient (Wildman–Crippen LogP) is 4.20. The van der Waals surface area contributed by atoms with Crippen molar-refractivity contribution in [3.05, 3.63) is 96.1 Å². The van der Waals surface area contributed by atoms with Gasteiger partial charge in [-0.3, -0.25) is 20.1 Å². The number of rotatable bonds is 9. The zero-order valence-corrected chi connectivity index (χ0v) is 18.0. The molecule has 3 N–H and O–H groups in total. The molecular weight excluding hydrogens is 416 g/mol. The summed E-state index contributed by atoms with van der Waals surface area (Å²) in [6, 6.07) is 15.3. The average Bonchev–Trinajstić information content (AvgIpc) is 2.84. The van der Waals surface area contributed by atoms with E-state index in [1.807, 2.05) is 60.8 Å². The van der Waals surface area contributed by atoms with Gasteiger partial charge in [0.1, 0.15) is 0 Å². The number of aliphatic carboxylic acids is 1. The van der Waals surface area contributed by atoms with Gasteiger partial charge in [-0.05, 0) is 53.8 Å². The first-order valence-electron chi connectivity index (χ1n) is 10.4. The second-order valence-electron chi connectivity index (χ2n) is 7.11. The summed E-state index contributed by atoms with van der Waals surface area (Å²) in [4.78, 5) is 23.6. The number of benzene rings is 1. The number of carboxylic acid groups (broad SMARTS) is 1. The van der Waals surface area contributed by atoms with E-state index in [1.54, 1.807) is 24.8 Å². The van der Waals surface area contributed by atoms with E-state index in [0.29, 0.717) is 25.3 Å². The van der Waals surface area contributed by atoms with Crippen LogP contribution in [0, 0.1) is 11.5 Å². The highest BCUT2D eigenvalue weighted by Gasteiger charge is 2.08. The normalized spacial score (nSPS) is 11.5. The summed E-state index contributed by atoms with van der Waals surface area (Å²) in [5, 5.41) is 23.8. The molecule has 2 heterocycles.